The Balaban J connectivity index is 2.70. The molecule has 0 radical (unpaired) electrons. The molecule has 1 aromatic carbocycles. The van der Waals surface area contributed by atoms with Gasteiger partial charge in [0.1, 0.15) is 6.04 Å². The van der Waals surface area contributed by atoms with Crippen LogP contribution in [0.4, 0.5) is 5.69 Å². The van der Waals surface area contributed by atoms with Gasteiger partial charge in [0.15, 0.2) is 0 Å². The van der Waals surface area contributed by atoms with Crippen molar-refractivity contribution in [1.82, 2.24) is 4.90 Å². The molecule has 0 aliphatic heterocycles. The first-order chi connectivity index (χ1) is 11.5. The summed E-state index contributed by atoms with van der Waals surface area (Å²) in [5.41, 5.74) is 0.992. The summed E-state index contributed by atoms with van der Waals surface area (Å²) in [5.74, 6) is -0.0832. The predicted molar refractivity (Wildman–Crippen MR) is 102 cm³/mol. The van der Waals surface area contributed by atoms with Crippen molar-refractivity contribution in [3.8, 4) is 0 Å². The number of nitrogens with zero attached hydrogens (tertiary/aromatic N) is 2. The number of hydrogen-bond acceptors (Lipinski definition) is 5. The van der Waals surface area contributed by atoms with Crippen LogP contribution in [0.25, 0.3) is 0 Å². The Morgan fingerprint density at radius 1 is 1.24 bits per heavy atom. The fourth-order valence-electron chi connectivity index (χ4n) is 2.61. The van der Waals surface area contributed by atoms with Crippen molar-refractivity contribution in [2.45, 2.75) is 52.1 Å². The molecule has 0 saturated carbocycles. The summed E-state index contributed by atoms with van der Waals surface area (Å²) in [6, 6.07) is 7.04. The predicted octanol–water partition coefficient (Wildman–Crippen LogP) is 3.93. The van der Waals surface area contributed by atoms with Gasteiger partial charge in [-0.3, -0.25) is 19.8 Å². The van der Waals surface area contributed by atoms with Crippen LogP contribution in [0, 0.1) is 16.0 Å². The number of hydrogen-bond donors (Lipinski definition) is 0. The molecule has 1 aromatic rings. The highest BCUT2D eigenvalue weighted by atomic mass is 28.3. The van der Waals surface area contributed by atoms with E-state index < -0.39 is 13.0 Å². The number of ether oxygens (including phenoxy) is 1. The SMILES string of the molecule is CC(C)[C@@H](C(=O)OCC[Si](C)(C)C)N(C)Cc1ccc([N+](=O)[O-])cc1. The molecule has 0 unspecified atom stereocenters. The molecule has 7 heteroatoms. The molecule has 0 aromatic heterocycles. The number of non-ortho nitro benzene ring substituents is 1. The van der Waals surface area contributed by atoms with E-state index in [1.165, 1.54) is 12.1 Å². The first-order valence-electron chi connectivity index (χ1n) is 8.61. The summed E-state index contributed by atoms with van der Waals surface area (Å²) < 4.78 is 5.52. The molecule has 6 nitrogen and oxygen atoms in total. The molecule has 1 rings (SSSR count). The van der Waals surface area contributed by atoms with Crippen molar-refractivity contribution < 1.29 is 14.5 Å². The molecular formula is C18H30N2O4Si. The second-order valence-electron chi connectivity index (χ2n) is 8.01. The highest BCUT2D eigenvalue weighted by Crippen LogP contribution is 2.18. The molecule has 0 aliphatic rings. The lowest BCUT2D eigenvalue weighted by atomic mass is 10.0. The molecule has 0 bridgehead atoms. The summed E-state index contributed by atoms with van der Waals surface area (Å²) in [6.07, 6.45) is 0. The molecule has 0 N–H and O–H groups in total. The maximum absolute atomic E-state index is 12.5. The molecule has 0 amide bonds. The molecule has 0 fully saturated rings. The van der Waals surface area contributed by atoms with Gasteiger partial charge in [0.2, 0.25) is 0 Å². The van der Waals surface area contributed by atoms with Gasteiger partial charge >= 0.3 is 5.97 Å². The molecule has 1 atom stereocenters. The van der Waals surface area contributed by atoms with Crippen LogP contribution < -0.4 is 0 Å². The van der Waals surface area contributed by atoms with Crippen LogP contribution in [0.2, 0.25) is 25.7 Å². The van der Waals surface area contributed by atoms with Crippen molar-refractivity contribution in [3.63, 3.8) is 0 Å². The second-order valence-corrected chi connectivity index (χ2v) is 13.6. The number of rotatable bonds is 9. The normalized spacial score (nSPS) is 13.1. The summed E-state index contributed by atoms with van der Waals surface area (Å²) >= 11 is 0. The summed E-state index contributed by atoms with van der Waals surface area (Å²) in [5, 5.41) is 10.7. The van der Waals surface area contributed by atoms with Gasteiger partial charge in [-0.05, 0) is 24.6 Å². The third kappa shape index (κ3) is 7.35. The molecule has 0 spiro atoms. The smallest absolute Gasteiger partial charge is 0.323 e. The van der Waals surface area contributed by atoms with Gasteiger partial charge in [-0.15, -0.1) is 0 Å². The van der Waals surface area contributed by atoms with Crippen LogP contribution in [0.3, 0.4) is 0 Å². The monoisotopic (exact) mass is 366 g/mol. The average Bonchev–Trinajstić information content (AvgIpc) is 2.46. The highest BCUT2D eigenvalue weighted by Gasteiger charge is 2.28. The zero-order chi connectivity index (χ0) is 19.2. The Morgan fingerprint density at radius 3 is 2.24 bits per heavy atom. The van der Waals surface area contributed by atoms with Crippen LogP contribution in [0.1, 0.15) is 19.4 Å². The minimum absolute atomic E-state index is 0.0672. The second kappa shape index (κ2) is 9.10. The van der Waals surface area contributed by atoms with Gasteiger partial charge in [-0.2, -0.15) is 0 Å². The third-order valence-corrected chi connectivity index (χ3v) is 5.73. The molecular weight excluding hydrogens is 336 g/mol. The summed E-state index contributed by atoms with van der Waals surface area (Å²) in [7, 11) is 0.646. The number of likely N-dealkylation sites (N-methyl/N-ethyl adjacent to an activating group) is 1. The molecule has 0 aliphatic carbocycles. The largest absolute Gasteiger partial charge is 0.465 e. The maximum Gasteiger partial charge on any atom is 0.323 e. The maximum atomic E-state index is 12.5. The number of benzene rings is 1. The first kappa shape index (κ1) is 21.3. The van der Waals surface area contributed by atoms with E-state index in [0.29, 0.717) is 13.2 Å². The Labute approximate surface area is 151 Å². The molecule has 25 heavy (non-hydrogen) atoms. The summed E-state index contributed by atoms with van der Waals surface area (Å²) in [6.45, 7) is 11.8. The standard InChI is InChI=1S/C18H30N2O4Si/c1-14(2)17(18(21)24-11-12-25(4,5)6)19(3)13-15-7-9-16(10-8-15)20(22)23/h7-10,14,17H,11-13H2,1-6H3/t17-/m0/s1. The van der Waals surface area contributed by atoms with E-state index >= 15 is 0 Å². The number of nitro groups is 1. The van der Waals surface area contributed by atoms with Gasteiger partial charge in [0.25, 0.3) is 5.69 Å². The van der Waals surface area contributed by atoms with Crippen LogP contribution >= 0.6 is 0 Å². The van der Waals surface area contributed by atoms with E-state index in [1.54, 1.807) is 12.1 Å². The lowest BCUT2D eigenvalue weighted by Gasteiger charge is -2.29. The van der Waals surface area contributed by atoms with E-state index in [1.807, 2.05) is 25.8 Å². The van der Waals surface area contributed by atoms with Crippen molar-refractivity contribution >= 4 is 19.7 Å². The topological polar surface area (TPSA) is 72.7 Å². The Bertz CT molecular complexity index is 582. The number of carbonyl (C=O) groups is 1. The quantitative estimate of drug-likeness (QED) is 0.286. The van der Waals surface area contributed by atoms with Gasteiger partial charge in [0, 0.05) is 26.8 Å². The van der Waals surface area contributed by atoms with Crippen molar-refractivity contribution in [2.24, 2.45) is 5.92 Å². The number of carbonyl (C=O) groups excluding carboxylic acids is 1. The van der Waals surface area contributed by atoms with E-state index in [9.17, 15) is 14.9 Å². The number of esters is 1. The fourth-order valence-corrected chi connectivity index (χ4v) is 3.33. The Morgan fingerprint density at radius 2 is 1.80 bits per heavy atom. The van der Waals surface area contributed by atoms with Gasteiger partial charge in [-0.25, -0.2) is 0 Å². The minimum atomic E-state index is -1.23. The average molecular weight is 367 g/mol. The van der Waals surface area contributed by atoms with Crippen molar-refractivity contribution in [3.05, 3.63) is 39.9 Å². The van der Waals surface area contributed by atoms with Crippen LogP contribution in [0.15, 0.2) is 24.3 Å². The molecule has 140 valence electrons. The molecule has 0 heterocycles. The number of nitro benzene ring substituents is 1. The Kier molecular flexibility index (Phi) is 7.76. The van der Waals surface area contributed by atoms with Gasteiger partial charge < -0.3 is 4.74 Å². The minimum Gasteiger partial charge on any atom is -0.465 e. The van der Waals surface area contributed by atoms with Crippen molar-refractivity contribution in [1.29, 1.82) is 0 Å². The third-order valence-electron chi connectivity index (χ3n) is 4.02. The lowest BCUT2D eigenvalue weighted by molar-refractivity contribution is -0.384. The van der Waals surface area contributed by atoms with Gasteiger partial charge in [0.05, 0.1) is 11.5 Å². The fraction of sp³-hybridized carbons (Fsp3) is 0.611. The zero-order valence-electron chi connectivity index (χ0n) is 16.1. The van der Waals surface area contributed by atoms with E-state index in [4.69, 9.17) is 4.74 Å². The Hall–Kier alpha value is -1.73. The summed E-state index contributed by atoms with van der Waals surface area (Å²) in [4.78, 5) is 24.8. The lowest BCUT2D eigenvalue weighted by Crippen LogP contribution is -2.43. The van der Waals surface area contributed by atoms with Crippen LogP contribution in [0.5, 0.6) is 0 Å². The molecule has 0 saturated heterocycles. The van der Waals surface area contributed by atoms with Crippen LogP contribution in [-0.2, 0) is 16.1 Å². The first-order valence-corrected chi connectivity index (χ1v) is 12.3. The van der Waals surface area contributed by atoms with Crippen LogP contribution in [-0.4, -0.2) is 43.6 Å². The highest BCUT2D eigenvalue weighted by molar-refractivity contribution is 6.76. The zero-order valence-corrected chi connectivity index (χ0v) is 17.1. The van der Waals surface area contributed by atoms with E-state index in [-0.39, 0.29) is 23.6 Å². The van der Waals surface area contributed by atoms with Gasteiger partial charge in [-0.1, -0.05) is 45.6 Å². The van der Waals surface area contributed by atoms with E-state index in [2.05, 4.69) is 19.6 Å². The van der Waals surface area contributed by atoms with Crippen molar-refractivity contribution in [2.75, 3.05) is 13.7 Å². The van der Waals surface area contributed by atoms with E-state index in [0.717, 1.165) is 11.6 Å².